The summed E-state index contributed by atoms with van der Waals surface area (Å²) in [5, 5.41) is 6.78. The topological polar surface area (TPSA) is 66.9 Å². The largest absolute Gasteiger partial charge is 0.354 e. The second kappa shape index (κ2) is 10.4. The highest BCUT2D eigenvalue weighted by Crippen LogP contribution is 2.09. The van der Waals surface area contributed by atoms with Crippen molar-refractivity contribution < 1.29 is 4.79 Å². The van der Waals surface area contributed by atoms with Gasteiger partial charge in [0.15, 0.2) is 0 Å². The summed E-state index contributed by atoms with van der Waals surface area (Å²) < 4.78 is 0. The number of carbonyl (C=O) groups excluding carboxylic acids is 1. The molecule has 0 aliphatic heterocycles. The first-order chi connectivity index (χ1) is 13.7. The number of aryl methyl sites for hydroxylation is 1. The molecule has 0 saturated heterocycles. The molecule has 0 unspecified atom stereocenters. The van der Waals surface area contributed by atoms with Gasteiger partial charge in [0.05, 0.1) is 0 Å². The van der Waals surface area contributed by atoms with Gasteiger partial charge in [0.2, 0.25) is 5.95 Å². The summed E-state index contributed by atoms with van der Waals surface area (Å²) in [6.07, 6.45) is 4.28. The molecular formula is C22H23ClN4O. The van der Waals surface area contributed by atoms with E-state index in [4.69, 9.17) is 11.6 Å². The van der Waals surface area contributed by atoms with Crippen molar-refractivity contribution in [3.05, 3.63) is 88.7 Å². The fourth-order valence-electron chi connectivity index (χ4n) is 2.77. The van der Waals surface area contributed by atoms with Crippen molar-refractivity contribution in [1.82, 2.24) is 15.3 Å². The maximum Gasteiger partial charge on any atom is 0.270 e. The lowest BCUT2D eigenvalue weighted by Crippen LogP contribution is -2.27. The number of nitrogens with one attached hydrogen (secondary N) is 2. The number of halogens is 1. The van der Waals surface area contributed by atoms with Crippen LogP contribution in [0.3, 0.4) is 0 Å². The van der Waals surface area contributed by atoms with Gasteiger partial charge in [-0.25, -0.2) is 9.97 Å². The quantitative estimate of drug-likeness (QED) is 0.535. The van der Waals surface area contributed by atoms with Crippen molar-refractivity contribution in [3.63, 3.8) is 0 Å². The van der Waals surface area contributed by atoms with Crippen LogP contribution in [-0.2, 0) is 12.8 Å². The number of hydrogen-bond donors (Lipinski definition) is 2. The van der Waals surface area contributed by atoms with Crippen LogP contribution in [0.1, 0.15) is 28.0 Å². The summed E-state index contributed by atoms with van der Waals surface area (Å²) in [6, 6.07) is 19.6. The molecule has 2 aromatic carbocycles. The lowest BCUT2D eigenvalue weighted by Gasteiger charge is -2.08. The fraction of sp³-hybridized carbons (Fsp3) is 0.227. The van der Waals surface area contributed by atoms with Crippen LogP contribution < -0.4 is 10.6 Å². The van der Waals surface area contributed by atoms with E-state index in [1.54, 1.807) is 12.3 Å². The van der Waals surface area contributed by atoms with Crippen LogP contribution in [0, 0.1) is 0 Å². The summed E-state index contributed by atoms with van der Waals surface area (Å²) in [5.41, 5.74) is 2.78. The highest BCUT2D eigenvalue weighted by atomic mass is 35.5. The maximum atomic E-state index is 12.3. The predicted octanol–water partition coefficient (Wildman–Crippen LogP) is 4.15. The second-order valence-corrected chi connectivity index (χ2v) is 6.85. The first-order valence-corrected chi connectivity index (χ1v) is 9.72. The monoisotopic (exact) mass is 394 g/mol. The molecule has 0 aliphatic carbocycles. The van der Waals surface area contributed by atoms with Gasteiger partial charge in [-0.2, -0.15) is 0 Å². The molecule has 1 amide bonds. The van der Waals surface area contributed by atoms with Gasteiger partial charge in [0, 0.05) is 24.3 Å². The molecular weight excluding hydrogens is 372 g/mol. The van der Waals surface area contributed by atoms with Crippen LogP contribution in [0.5, 0.6) is 0 Å². The summed E-state index contributed by atoms with van der Waals surface area (Å²) >= 11 is 5.88. The molecule has 6 heteroatoms. The van der Waals surface area contributed by atoms with Crippen molar-refractivity contribution in [2.75, 3.05) is 18.4 Å². The van der Waals surface area contributed by atoms with E-state index in [0.29, 0.717) is 23.2 Å². The van der Waals surface area contributed by atoms with Gasteiger partial charge < -0.3 is 10.6 Å². The normalized spacial score (nSPS) is 10.5. The van der Waals surface area contributed by atoms with Crippen molar-refractivity contribution >= 4 is 23.5 Å². The van der Waals surface area contributed by atoms with Gasteiger partial charge in [-0.3, -0.25) is 4.79 Å². The zero-order valence-electron chi connectivity index (χ0n) is 15.6. The molecule has 28 heavy (non-hydrogen) atoms. The molecule has 0 saturated carbocycles. The van der Waals surface area contributed by atoms with Gasteiger partial charge in [-0.1, -0.05) is 54.1 Å². The molecule has 5 nitrogen and oxygen atoms in total. The van der Waals surface area contributed by atoms with Crippen LogP contribution in [-0.4, -0.2) is 29.0 Å². The Morgan fingerprint density at radius 2 is 1.64 bits per heavy atom. The number of rotatable bonds is 9. The van der Waals surface area contributed by atoms with Crippen molar-refractivity contribution in [3.8, 4) is 0 Å². The van der Waals surface area contributed by atoms with E-state index in [1.165, 1.54) is 5.56 Å². The number of carbonyl (C=O) groups is 1. The minimum absolute atomic E-state index is 0.205. The summed E-state index contributed by atoms with van der Waals surface area (Å²) in [5.74, 6) is 0.266. The van der Waals surface area contributed by atoms with Crippen LogP contribution in [0.15, 0.2) is 66.9 Å². The first kappa shape index (κ1) is 19.8. The highest BCUT2D eigenvalue weighted by Gasteiger charge is 2.08. The molecule has 1 heterocycles. The minimum Gasteiger partial charge on any atom is -0.354 e. The zero-order valence-corrected chi connectivity index (χ0v) is 16.3. The zero-order chi connectivity index (χ0) is 19.6. The number of benzene rings is 2. The minimum atomic E-state index is -0.205. The fourth-order valence-corrected chi connectivity index (χ4v) is 2.90. The third kappa shape index (κ3) is 6.35. The molecule has 2 N–H and O–H groups in total. The molecule has 3 rings (SSSR count). The lowest BCUT2D eigenvalue weighted by molar-refractivity contribution is 0.0949. The van der Waals surface area contributed by atoms with Crippen molar-refractivity contribution in [2.24, 2.45) is 0 Å². The Morgan fingerprint density at radius 3 is 2.43 bits per heavy atom. The van der Waals surface area contributed by atoms with Crippen molar-refractivity contribution in [1.29, 1.82) is 0 Å². The van der Waals surface area contributed by atoms with Gasteiger partial charge in [-0.15, -0.1) is 0 Å². The number of amides is 1. The highest BCUT2D eigenvalue weighted by molar-refractivity contribution is 6.30. The van der Waals surface area contributed by atoms with E-state index in [1.807, 2.05) is 42.5 Å². The van der Waals surface area contributed by atoms with E-state index >= 15 is 0 Å². The average Bonchev–Trinajstić information content (AvgIpc) is 2.73. The van der Waals surface area contributed by atoms with Crippen LogP contribution in [0.4, 0.5) is 5.95 Å². The average molecular weight is 395 g/mol. The predicted molar refractivity (Wildman–Crippen MR) is 113 cm³/mol. The van der Waals surface area contributed by atoms with Gasteiger partial charge in [-0.05, 0) is 48.6 Å². The number of nitrogens with zero attached hydrogens (tertiary/aromatic N) is 2. The van der Waals surface area contributed by atoms with E-state index in [-0.39, 0.29) is 5.91 Å². The Bertz CT molecular complexity index is 885. The number of aromatic nitrogens is 2. The Labute approximate surface area is 170 Å². The lowest BCUT2D eigenvalue weighted by atomic mass is 10.1. The number of hydrogen-bond acceptors (Lipinski definition) is 4. The third-order valence-electron chi connectivity index (χ3n) is 4.27. The Hall–Kier alpha value is -2.92. The van der Waals surface area contributed by atoms with Gasteiger partial charge in [0.25, 0.3) is 5.91 Å². The Kier molecular flexibility index (Phi) is 7.38. The molecule has 1 aromatic heterocycles. The first-order valence-electron chi connectivity index (χ1n) is 9.34. The summed E-state index contributed by atoms with van der Waals surface area (Å²) in [6.45, 7) is 1.28. The SMILES string of the molecule is O=C(NCCc1ccc(Cl)cc1)c1ccnc(NCCCc2ccccc2)n1. The van der Waals surface area contributed by atoms with Crippen LogP contribution >= 0.6 is 11.6 Å². The van der Waals surface area contributed by atoms with Crippen molar-refractivity contribution in [2.45, 2.75) is 19.3 Å². The Morgan fingerprint density at radius 1 is 0.893 bits per heavy atom. The summed E-state index contributed by atoms with van der Waals surface area (Å²) in [7, 11) is 0. The molecule has 0 spiro atoms. The van der Waals surface area contributed by atoms with E-state index in [2.05, 4.69) is 32.7 Å². The summed E-state index contributed by atoms with van der Waals surface area (Å²) in [4.78, 5) is 20.8. The standard InChI is InChI=1S/C22H23ClN4O/c23-19-10-8-18(9-11-19)12-15-24-21(28)20-13-16-26-22(27-20)25-14-4-7-17-5-2-1-3-6-17/h1-3,5-6,8-11,13,16H,4,7,12,14-15H2,(H,24,28)(H,25,26,27). The van der Waals surface area contributed by atoms with Gasteiger partial charge >= 0.3 is 0 Å². The molecule has 0 aliphatic rings. The Balaban J connectivity index is 1.42. The molecule has 0 fully saturated rings. The van der Waals surface area contributed by atoms with Crippen LogP contribution in [0.25, 0.3) is 0 Å². The van der Waals surface area contributed by atoms with E-state index in [9.17, 15) is 4.79 Å². The van der Waals surface area contributed by atoms with E-state index in [0.717, 1.165) is 31.4 Å². The number of anilines is 1. The maximum absolute atomic E-state index is 12.3. The van der Waals surface area contributed by atoms with E-state index < -0.39 is 0 Å². The molecule has 3 aromatic rings. The van der Waals surface area contributed by atoms with Crippen LogP contribution in [0.2, 0.25) is 5.02 Å². The third-order valence-corrected chi connectivity index (χ3v) is 4.52. The molecule has 144 valence electrons. The van der Waals surface area contributed by atoms with Gasteiger partial charge in [0.1, 0.15) is 5.69 Å². The smallest absolute Gasteiger partial charge is 0.270 e. The molecule has 0 radical (unpaired) electrons. The second-order valence-electron chi connectivity index (χ2n) is 6.41. The molecule has 0 bridgehead atoms. The molecule has 0 atom stereocenters.